The molecule has 0 aliphatic carbocycles. The zero-order valence-corrected chi connectivity index (χ0v) is 14.2. The molecule has 124 valence electrons. The Morgan fingerprint density at radius 3 is 3.00 bits per heavy atom. The molecule has 0 saturated carbocycles. The first-order valence-corrected chi connectivity index (χ1v) is 8.26. The topological polar surface area (TPSA) is 75.3 Å². The van der Waals surface area contributed by atoms with E-state index < -0.39 is 0 Å². The molecule has 3 rings (SSSR count). The van der Waals surface area contributed by atoms with E-state index in [1.807, 2.05) is 17.5 Å². The van der Waals surface area contributed by atoms with Gasteiger partial charge in [-0.15, -0.1) is 11.3 Å². The molecule has 24 heavy (non-hydrogen) atoms. The van der Waals surface area contributed by atoms with Crippen molar-refractivity contribution in [3.05, 3.63) is 63.0 Å². The Morgan fingerprint density at radius 2 is 2.21 bits per heavy atom. The summed E-state index contributed by atoms with van der Waals surface area (Å²) >= 11 is 1.35. The van der Waals surface area contributed by atoms with Crippen LogP contribution < -0.4 is 5.56 Å². The van der Waals surface area contributed by atoms with Crippen LogP contribution in [0, 0.1) is 0 Å². The monoisotopic (exact) mass is 343 g/mol. The Balaban J connectivity index is 1.80. The van der Waals surface area contributed by atoms with E-state index in [9.17, 15) is 9.59 Å². The zero-order chi connectivity index (χ0) is 17.1. The Kier molecular flexibility index (Phi) is 4.73. The average molecular weight is 343 g/mol. The van der Waals surface area contributed by atoms with Crippen LogP contribution >= 0.6 is 11.3 Å². The highest BCUT2D eigenvalue weighted by atomic mass is 32.1. The number of nitrogens with zero attached hydrogens (tertiary/aromatic N) is 2. The third kappa shape index (κ3) is 3.37. The molecule has 2 heterocycles. The minimum absolute atomic E-state index is 0.138. The smallest absolute Gasteiger partial charge is 0.268 e. The standard InChI is InChI=1S/C17H17N3O3S/c1-20(17(22)12-5-3-4-11(8-12)10-23-2)9-14-18-13-6-7-24-15(13)16(21)19-14/h3-8H,9-10H2,1-2H3,(H,18,19,21). The van der Waals surface area contributed by atoms with Crippen LogP contribution in [0.5, 0.6) is 0 Å². The molecule has 0 atom stereocenters. The summed E-state index contributed by atoms with van der Waals surface area (Å²) in [5.74, 6) is 0.329. The maximum absolute atomic E-state index is 12.6. The van der Waals surface area contributed by atoms with E-state index in [4.69, 9.17) is 4.74 Å². The van der Waals surface area contributed by atoms with Crippen molar-refractivity contribution in [1.29, 1.82) is 0 Å². The van der Waals surface area contributed by atoms with Gasteiger partial charge in [0.15, 0.2) is 0 Å². The normalized spacial score (nSPS) is 10.9. The first kappa shape index (κ1) is 16.4. The number of benzene rings is 1. The molecule has 2 aromatic heterocycles. The number of amides is 1. The molecule has 6 nitrogen and oxygen atoms in total. The van der Waals surface area contributed by atoms with Gasteiger partial charge in [0, 0.05) is 19.7 Å². The number of rotatable bonds is 5. The summed E-state index contributed by atoms with van der Waals surface area (Å²) in [5.41, 5.74) is 1.99. The molecule has 1 N–H and O–H groups in total. The number of H-pyrrole nitrogens is 1. The summed E-state index contributed by atoms with van der Waals surface area (Å²) in [5, 5.41) is 1.83. The Bertz CT molecular complexity index is 932. The molecule has 7 heteroatoms. The van der Waals surface area contributed by atoms with Crippen LogP contribution in [0.2, 0.25) is 0 Å². The van der Waals surface area contributed by atoms with Gasteiger partial charge in [-0.25, -0.2) is 4.98 Å². The minimum Gasteiger partial charge on any atom is -0.380 e. The molecule has 0 spiro atoms. The first-order valence-electron chi connectivity index (χ1n) is 7.38. The summed E-state index contributed by atoms with van der Waals surface area (Å²) in [7, 11) is 3.30. The lowest BCUT2D eigenvalue weighted by Crippen LogP contribution is -2.28. The van der Waals surface area contributed by atoms with E-state index in [1.54, 1.807) is 32.4 Å². The third-order valence-electron chi connectivity index (χ3n) is 3.58. The summed E-state index contributed by atoms with van der Waals surface area (Å²) in [6.45, 7) is 0.683. The highest BCUT2D eigenvalue weighted by molar-refractivity contribution is 7.17. The summed E-state index contributed by atoms with van der Waals surface area (Å²) in [6, 6.07) is 9.10. The Morgan fingerprint density at radius 1 is 1.38 bits per heavy atom. The van der Waals surface area contributed by atoms with Crippen molar-refractivity contribution < 1.29 is 9.53 Å². The molecule has 0 saturated heterocycles. The van der Waals surface area contributed by atoms with Gasteiger partial charge in [0.05, 0.1) is 18.7 Å². The number of nitrogens with one attached hydrogen (secondary N) is 1. The fourth-order valence-electron chi connectivity index (χ4n) is 2.47. The van der Waals surface area contributed by atoms with E-state index in [0.29, 0.717) is 28.2 Å². The number of carbonyl (C=O) groups is 1. The molecule has 0 radical (unpaired) electrons. The van der Waals surface area contributed by atoms with Crippen LogP contribution in [0.4, 0.5) is 0 Å². The van der Waals surface area contributed by atoms with Gasteiger partial charge in [0.1, 0.15) is 10.5 Å². The molecular weight excluding hydrogens is 326 g/mol. The highest BCUT2D eigenvalue weighted by Crippen LogP contribution is 2.15. The number of hydrogen-bond acceptors (Lipinski definition) is 5. The van der Waals surface area contributed by atoms with Gasteiger partial charge in [-0.3, -0.25) is 9.59 Å². The van der Waals surface area contributed by atoms with Crippen LogP contribution in [-0.2, 0) is 17.9 Å². The summed E-state index contributed by atoms with van der Waals surface area (Å²) in [4.78, 5) is 33.2. The summed E-state index contributed by atoms with van der Waals surface area (Å²) in [6.07, 6.45) is 0. The summed E-state index contributed by atoms with van der Waals surface area (Å²) < 4.78 is 5.69. The number of ether oxygens (including phenoxy) is 1. The number of hydrogen-bond donors (Lipinski definition) is 1. The number of aromatic amines is 1. The fraction of sp³-hybridized carbons (Fsp3) is 0.235. The van der Waals surface area contributed by atoms with Gasteiger partial charge < -0.3 is 14.6 Å². The van der Waals surface area contributed by atoms with Crippen molar-refractivity contribution in [2.75, 3.05) is 14.2 Å². The molecule has 0 bridgehead atoms. The van der Waals surface area contributed by atoms with Gasteiger partial charge in [0.2, 0.25) is 0 Å². The molecule has 0 aliphatic rings. The second-order valence-electron chi connectivity index (χ2n) is 5.44. The lowest BCUT2D eigenvalue weighted by atomic mass is 10.1. The van der Waals surface area contributed by atoms with Crippen molar-refractivity contribution in [1.82, 2.24) is 14.9 Å². The number of fused-ring (bicyclic) bond motifs is 1. The molecule has 3 aromatic rings. The Labute approximate surface area is 142 Å². The van der Waals surface area contributed by atoms with Gasteiger partial charge in [0.25, 0.3) is 11.5 Å². The quantitative estimate of drug-likeness (QED) is 0.772. The molecular formula is C17H17N3O3S. The van der Waals surface area contributed by atoms with Gasteiger partial charge in [-0.2, -0.15) is 0 Å². The molecule has 1 amide bonds. The minimum atomic E-state index is -0.173. The van der Waals surface area contributed by atoms with E-state index in [0.717, 1.165) is 5.56 Å². The number of methoxy groups -OCH3 is 1. The SMILES string of the molecule is COCc1cccc(C(=O)N(C)Cc2nc3ccsc3c(=O)[nH]2)c1. The first-order chi connectivity index (χ1) is 11.6. The van der Waals surface area contributed by atoms with E-state index in [1.165, 1.54) is 16.2 Å². The molecule has 0 unspecified atom stereocenters. The zero-order valence-electron chi connectivity index (χ0n) is 13.4. The number of thiophene rings is 1. The Hall–Kier alpha value is -2.51. The van der Waals surface area contributed by atoms with Crippen molar-refractivity contribution in [2.45, 2.75) is 13.2 Å². The van der Waals surface area contributed by atoms with E-state index >= 15 is 0 Å². The van der Waals surface area contributed by atoms with Gasteiger partial charge in [-0.1, -0.05) is 12.1 Å². The molecule has 0 aliphatic heterocycles. The van der Waals surface area contributed by atoms with Crippen LogP contribution in [0.15, 0.2) is 40.5 Å². The van der Waals surface area contributed by atoms with Crippen molar-refractivity contribution in [2.24, 2.45) is 0 Å². The number of carbonyl (C=O) groups excluding carboxylic acids is 1. The van der Waals surface area contributed by atoms with Gasteiger partial charge in [-0.05, 0) is 29.1 Å². The maximum atomic E-state index is 12.6. The second kappa shape index (κ2) is 6.94. The fourth-order valence-corrected chi connectivity index (χ4v) is 3.20. The van der Waals surface area contributed by atoms with Gasteiger partial charge >= 0.3 is 0 Å². The third-order valence-corrected chi connectivity index (χ3v) is 4.48. The van der Waals surface area contributed by atoms with Crippen LogP contribution in [0.25, 0.3) is 10.2 Å². The van der Waals surface area contributed by atoms with Crippen LogP contribution in [0.3, 0.4) is 0 Å². The number of aromatic nitrogens is 2. The average Bonchev–Trinajstić information content (AvgIpc) is 3.04. The molecule has 0 fully saturated rings. The predicted molar refractivity (Wildman–Crippen MR) is 93.2 cm³/mol. The van der Waals surface area contributed by atoms with Crippen LogP contribution in [-0.4, -0.2) is 34.9 Å². The van der Waals surface area contributed by atoms with Crippen molar-refractivity contribution in [3.63, 3.8) is 0 Å². The highest BCUT2D eigenvalue weighted by Gasteiger charge is 2.14. The lowest BCUT2D eigenvalue weighted by Gasteiger charge is -2.17. The lowest BCUT2D eigenvalue weighted by molar-refractivity contribution is 0.0781. The van der Waals surface area contributed by atoms with Crippen molar-refractivity contribution in [3.8, 4) is 0 Å². The largest absolute Gasteiger partial charge is 0.380 e. The predicted octanol–water partition coefficient (Wildman–Crippen LogP) is 2.40. The van der Waals surface area contributed by atoms with Crippen molar-refractivity contribution >= 4 is 27.5 Å². The van der Waals surface area contributed by atoms with E-state index in [2.05, 4.69) is 9.97 Å². The molecule has 1 aromatic carbocycles. The maximum Gasteiger partial charge on any atom is 0.268 e. The second-order valence-corrected chi connectivity index (χ2v) is 6.36. The van der Waals surface area contributed by atoms with Crippen LogP contribution in [0.1, 0.15) is 21.7 Å². The van der Waals surface area contributed by atoms with E-state index in [-0.39, 0.29) is 18.0 Å².